The van der Waals surface area contributed by atoms with Crippen LogP contribution in [0.3, 0.4) is 0 Å². The van der Waals surface area contributed by atoms with E-state index in [1.807, 2.05) is 24.3 Å². The van der Waals surface area contributed by atoms with Crippen LogP contribution in [-0.4, -0.2) is 46.8 Å². The highest BCUT2D eigenvalue weighted by Crippen LogP contribution is 2.64. The molecule has 6 amide bonds. The van der Waals surface area contributed by atoms with Crippen molar-refractivity contribution < 1.29 is 33.8 Å². The number of hydrogen-bond acceptors (Lipinski definition) is 7. The van der Waals surface area contributed by atoms with Gasteiger partial charge in [0, 0.05) is 10.9 Å². The zero-order valence-corrected chi connectivity index (χ0v) is 24.8. The first-order valence-electron chi connectivity index (χ1n) is 14.5. The van der Waals surface area contributed by atoms with Gasteiger partial charge in [-0.2, -0.15) is 4.90 Å². The molecule has 10 nitrogen and oxygen atoms in total. The number of rotatable bonds is 4. The quantitative estimate of drug-likeness (QED) is 0.325. The first-order chi connectivity index (χ1) is 21.6. The van der Waals surface area contributed by atoms with Gasteiger partial charge in [0.15, 0.2) is 11.5 Å². The van der Waals surface area contributed by atoms with Crippen LogP contribution in [0.25, 0.3) is 0 Å². The summed E-state index contributed by atoms with van der Waals surface area (Å²) >= 11 is 6.32. The number of allylic oxidation sites excluding steroid dienone is 2. The lowest BCUT2D eigenvalue weighted by molar-refractivity contribution is -0.136. The number of likely N-dealkylation sites (tertiary alicyclic amines) is 1. The van der Waals surface area contributed by atoms with E-state index in [0.29, 0.717) is 32.3 Å². The first kappa shape index (κ1) is 28.8. The van der Waals surface area contributed by atoms with E-state index in [-0.39, 0.29) is 24.3 Å². The minimum atomic E-state index is -1.48. The molecule has 4 aliphatic rings. The van der Waals surface area contributed by atoms with E-state index in [0.717, 1.165) is 0 Å². The van der Waals surface area contributed by atoms with E-state index in [2.05, 4.69) is 0 Å². The van der Waals surface area contributed by atoms with Gasteiger partial charge in [0.25, 0.3) is 0 Å². The maximum atomic E-state index is 15.1. The fourth-order valence-corrected chi connectivity index (χ4v) is 8.39. The number of carbonyl (C=O) groups is 5. The molecule has 0 unspecified atom stereocenters. The van der Waals surface area contributed by atoms with Gasteiger partial charge in [-0.25, -0.2) is 9.69 Å². The lowest BCUT2D eigenvalue weighted by Crippen LogP contribution is -2.53. The van der Waals surface area contributed by atoms with Crippen molar-refractivity contribution in [2.45, 2.75) is 24.2 Å². The molecule has 228 valence electrons. The Hall–Kier alpha value is -4.96. The molecule has 3 aromatic rings. The Labute approximate surface area is 263 Å². The fourth-order valence-electron chi connectivity index (χ4n) is 8.21. The third-order valence-corrected chi connectivity index (χ3v) is 10.2. The summed E-state index contributed by atoms with van der Waals surface area (Å²) in [5.74, 6) is -6.45. The number of amides is 6. The molecule has 0 radical (unpaired) electrons. The van der Waals surface area contributed by atoms with Crippen molar-refractivity contribution >= 4 is 46.9 Å². The standard InChI is InChI=1S/C34H28ClN3O7/c1-45-26-14-17(10-13-25(26)39)28-21-11-12-22-27(31(42)38(29(22)40)33(36)44)23(21)16-24-30(41)37(20-9-5-8-19(35)15-20)32(43)34(24,28)18-6-3-2-4-7-18/h2-11,13-15,22-24,27-28,39H,12,16H2,1H3,(H2,36,44)/t22-,23+,24-,27-,28-,34+/m0/s1. The number of hydrogen-bond donors (Lipinski definition) is 2. The van der Waals surface area contributed by atoms with Crippen molar-refractivity contribution in [1.29, 1.82) is 0 Å². The highest BCUT2D eigenvalue weighted by molar-refractivity contribution is 6.32. The van der Waals surface area contributed by atoms with Crippen LogP contribution in [-0.2, 0) is 24.6 Å². The average molecular weight is 626 g/mol. The Bertz CT molecular complexity index is 1840. The van der Waals surface area contributed by atoms with E-state index < -0.39 is 64.7 Å². The number of ether oxygens (including phenoxy) is 1. The van der Waals surface area contributed by atoms with E-state index >= 15 is 4.79 Å². The summed E-state index contributed by atoms with van der Waals surface area (Å²) < 4.78 is 5.45. The summed E-state index contributed by atoms with van der Waals surface area (Å²) in [5.41, 5.74) is 6.16. The van der Waals surface area contributed by atoms with Crippen molar-refractivity contribution in [3.63, 3.8) is 0 Å². The van der Waals surface area contributed by atoms with Crippen LogP contribution in [0.5, 0.6) is 11.5 Å². The van der Waals surface area contributed by atoms with Gasteiger partial charge in [-0.15, -0.1) is 0 Å². The normalized spacial score (nSPS) is 28.8. The lowest BCUT2D eigenvalue weighted by atomic mass is 9.49. The predicted octanol–water partition coefficient (Wildman–Crippen LogP) is 4.30. The monoisotopic (exact) mass is 625 g/mol. The molecule has 1 saturated carbocycles. The van der Waals surface area contributed by atoms with E-state index in [1.165, 1.54) is 18.1 Å². The first-order valence-corrected chi connectivity index (χ1v) is 14.9. The molecule has 0 bridgehead atoms. The lowest BCUT2D eigenvalue weighted by Gasteiger charge is -2.50. The number of nitrogens with zero attached hydrogens (tertiary/aromatic N) is 2. The SMILES string of the molecule is COc1cc([C@H]2C3=CC[C@@H]4C(=O)N(C(N)=O)C(=O)[C@@H]4[C@@H]3C[C@H]3C(=O)N(c4cccc(Cl)c4)C(=O)[C@@]23c2ccccc2)ccc1O. The van der Waals surface area contributed by atoms with Crippen LogP contribution in [0, 0.1) is 23.7 Å². The summed E-state index contributed by atoms with van der Waals surface area (Å²) in [6, 6.07) is 19.2. The van der Waals surface area contributed by atoms with Gasteiger partial charge in [-0.05, 0) is 60.2 Å². The number of primary amides is 1. The predicted molar refractivity (Wildman–Crippen MR) is 162 cm³/mol. The Balaban J connectivity index is 1.51. The van der Waals surface area contributed by atoms with Crippen LogP contribution in [0.2, 0.25) is 5.02 Å². The van der Waals surface area contributed by atoms with Gasteiger partial charge in [-0.1, -0.05) is 65.7 Å². The summed E-state index contributed by atoms with van der Waals surface area (Å²) in [6.45, 7) is 0. The number of imide groups is 4. The smallest absolute Gasteiger partial charge is 0.328 e. The van der Waals surface area contributed by atoms with Gasteiger partial charge in [0.05, 0.1) is 36.0 Å². The molecule has 0 aromatic heterocycles. The molecular formula is C34H28ClN3O7. The van der Waals surface area contributed by atoms with Crippen LogP contribution < -0.4 is 15.4 Å². The number of aromatic hydroxyl groups is 1. The van der Waals surface area contributed by atoms with Gasteiger partial charge in [0.1, 0.15) is 0 Å². The molecule has 2 saturated heterocycles. The number of nitrogens with two attached hydrogens (primary N) is 1. The summed E-state index contributed by atoms with van der Waals surface area (Å²) in [6.07, 6.45) is 2.08. The topological polar surface area (TPSA) is 147 Å². The molecule has 3 N–H and O–H groups in total. The summed E-state index contributed by atoms with van der Waals surface area (Å²) in [4.78, 5) is 70.5. The number of phenols is 1. The largest absolute Gasteiger partial charge is 0.504 e. The second-order valence-corrected chi connectivity index (χ2v) is 12.3. The third kappa shape index (κ3) is 3.91. The van der Waals surface area contributed by atoms with Crippen LogP contribution in [0.1, 0.15) is 29.9 Å². The zero-order valence-electron chi connectivity index (χ0n) is 24.1. The second kappa shape index (κ2) is 10.3. The van der Waals surface area contributed by atoms with Crippen molar-refractivity contribution in [3.05, 3.63) is 101 Å². The number of anilines is 1. The molecule has 11 heteroatoms. The van der Waals surface area contributed by atoms with Crippen LogP contribution in [0.15, 0.2) is 84.4 Å². The molecule has 3 fully saturated rings. The Morgan fingerprint density at radius 1 is 0.956 bits per heavy atom. The number of methoxy groups -OCH3 is 1. The van der Waals surface area contributed by atoms with Crippen molar-refractivity contribution in [3.8, 4) is 11.5 Å². The van der Waals surface area contributed by atoms with Gasteiger partial charge in [0.2, 0.25) is 23.6 Å². The number of fused-ring (bicyclic) bond motifs is 4. The highest BCUT2D eigenvalue weighted by atomic mass is 35.5. The van der Waals surface area contributed by atoms with Gasteiger partial charge < -0.3 is 15.6 Å². The Morgan fingerprint density at radius 3 is 2.40 bits per heavy atom. The number of phenolic OH excluding ortho intramolecular Hbond substituents is 1. The van der Waals surface area contributed by atoms with E-state index in [4.69, 9.17) is 22.1 Å². The number of benzene rings is 3. The van der Waals surface area contributed by atoms with E-state index in [1.54, 1.807) is 48.5 Å². The molecule has 3 aromatic carbocycles. The molecular weight excluding hydrogens is 598 g/mol. The minimum Gasteiger partial charge on any atom is -0.504 e. The minimum absolute atomic E-state index is 0.0703. The number of urea groups is 1. The molecule has 7 rings (SSSR count). The molecule has 0 spiro atoms. The van der Waals surface area contributed by atoms with Crippen molar-refractivity contribution in [2.75, 3.05) is 12.0 Å². The second-order valence-electron chi connectivity index (χ2n) is 11.9. The fraction of sp³-hybridized carbons (Fsp3) is 0.265. The number of halogens is 1. The van der Waals surface area contributed by atoms with E-state index in [9.17, 15) is 24.3 Å². The van der Waals surface area contributed by atoms with Crippen molar-refractivity contribution in [2.24, 2.45) is 29.4 Å². The van der Waals surface area contributed by atoms with Crippen LogP contribution in [0.4, 0.5) is 10.5 Å². The Kier molecular flexibility index (Phi) is 6.59. The van der Waals surface area contributed by atoms with Gasteiger partial charge >= 0.3 is 6.03 Å². The molecule has 2 aliphatic carbocycles. The number of carbonyl (C=O) groups excluding carboxylic acids is 5. The molecule has 6 atom stereocenters. The zero-order chi connectivity index (χ0) is 31.8. The van der Waals surface area contributed by atoms with Gasteiger partial charge in [-0.3, -0.25) is 19.2 Å². The highest BCUT2D eigenvalue weighted by Gasteiger charge is 2.70. The maximum Gasteiger partial charge on any atom is 0.328 e. The van der Waals surface area contributed by atoms with Crippen LogP contribution >= 0.6 is 11.6 Å². The average Bonchev–Trinajstić information content (AvgIpc) is 3.42. The third-order valence-electron chi connectivity index (χ3n) is 9.92. The Morgan fingerprint density at radius 2 is 1.71 bits per heavy atom. The summed E-state index contributed by atoms with van der Waals surface area (Å²) in [5, 5.41) is 10.8. The summed E-state index contributed by atoms with van der Waals surface area (Å²) in [7, 11) is 1.41. The van der Waals surface area contributed by atoms with Crippen molar-refractivity contribution in [1.82, 2.24) is 4.90 Å². The molecule has 2 heterocycles. The molecule has 2 aliphatic heterocycles. The maximum absolute atomic E-state index is 15.1. The molecule has 45 heavy (non-hydrogen) atoms.